The fourth-order valence-corrected chi connectivity index (χ4v) is 3.30. The number of anilines is 2. The number of nitrogens with zero attached hydrogens (tertiary/aromatic N) is 4. The molecule has 0 radical (unpaired) electrons. The van der Waals surface area contributed by atoms with Crippen LogP contribution in [0.3, 0.4) is 0 Å². The Balaban J connectivity index is 1.53. The SMILES string of the molecule is Nc1nnc(-c2ccccc2O)cc1N1CCN(CC2CC2)CC1. The Labute approximate surface area is 141 Å². The number of aromatic hydroxyl groups is 1. The zero-order chi connectivity index (χ0) is 16.5. The molecule has 1 aromatic carbocycles. The Morgan fingerprint density at radius 2 is 1.83 bits per heavy atom. The van der Waals surface area contributed by atoms with Gasteiger partial charge in [0.1, 0.15) is 5.75 Å². The molecule has 6 nitrogen and oxygen atoms in total. The van der Waals surface area contributed by atoms with Crippen molar-refractivity contribution in [3.63, 3.8) is 0 Å². The average Bonchev–Trinajstić information content (AvgIpc) is 3.41. The van der Waals surface area contributed by atoms with Gasteiger partial charge in [-0.2, -0.15) is 0 Å². The summed E-state index contributed by atoms with van der Waals surface area (Å²) in [5.41, 5.74) is 8.31. The summed E-state index contributed by atoms with van der Waals surface area (Å²) < 4.78 is 0. The van der Waals surface area contributed by atoms with Crippen molar-refractivity contribution in [3.8, 4) is 17.0 Å². The van der Waals surface area contributed by atoms with E-state index < -0.39 is 0 Å². The molecular weight excluding hydrogens is 302 g/mol. The Morgan fingerprint density at radius 3 is 2.54 bits per heavy atom. The zero-order valence-corrected chi connectivity index (χ0v) is 13.7. The molecule has 0 unspecified atom stereocenters. The maximum Gasteiger partial charge on any atom is 0.169 e. The lowest BCUT2D eigenvalue weighted by molar-refractivity contribution is 0.248. The minimum atomic E-state index is 0.205. The lowest BCUT2D eigenvalue weighted by Gasteiger charge is -2.36. The van der Waals surface area contributed by atoms with Crippen molar-refractivity contribution in [3.05, 3.63) is 30.3 Å². The minimum absolute atomic E-state index is 0.205. The Morgan fingerprint density at radius 1 is 1.08 bits per heavy atom. The summed E-state index contributed by atoms with van der Waals surface area (Å²) in [6, 6.07) is 9.11. The first kappa shape index (κ1) is 15.2. The molecule has 0 atom stereocenters. The van der Waals surface area contributed by atoms with E-state index in [1.165, 1.54) is 19.4 Å². The molecule has 0 spiro atoms. The lowest BCUT2D eigenvalue weighted by atomic mass is 10.1. The van der Waals surface area contributed by atoms with Crippen LogP contribution in [-0.2, 0) is 0 Å². The Kier molecular flexibility index (Phi) is 3.98. The van der Waals surface area contributed by atoms with E-state index >= 15 is 0 Å². The molecule has 2 aliphatic rings. The molecule has 1 aliphatic carbocycles. The van der Waals surface area contributed by atoms with Crippen LogP contribution in [0.1, 0.15) is 12.8 Å². The highest BCUT2D eigenvalue weighted by molar-refractivity contribution is 5.74. The van der Waals surface area contributed by atoms with Gasteiger partial charge in [0.15, 0.2) is 5.82 Å². The normalized spacial score (nSPS) is 18.8. The molecule has 2 fully saturated rings. The number of piperazine rings is 1. The number of nitrogen functional groups attached to an aromatic ring is 1. The second kappa shape index (κ2) is 6.28. The number of phenolic OH excluding ortho intramolecular Hbond substituents is 1. The standard InChI is InChI=1S/C18H23N5O/c19-18-16(23-9-7-22(8-10-23)12-13-5-6-13)11-15(20-21-18)14-3-1-2-4-17(14)24/h1-4,11,13,24H,5-10,12H2,(H2,19,21). The molecule has 4 rings (SSSR count). The second-order valence-electron chi connectivity index (χ2n) is 6.75. The smallest absolute Gasteiger partial charge is 0.169 e. The highest BCUT2D eigenvalue weighted by Crippen LogP contribution is 2.33. The van der Waals surface area contributed by atoms with Crippen molar-refractivity contribution in [1.82, 2.24) is 15.1 Å². The summed E-state index contributed by atoms with van der Waals surface area (Å²) in [5, 5.41) is 18.3. The average molecular weight is 325 g/mol. The van der Waals surface area contributed by atoms with Crippen LogP contribution in [0.4, 0.5) is 11.5 Å². The molecule has 0 amide bonds. The molecule has 126 valence electrons. The van der Waals surface area contributed by atoms with E-state index in [0.29, 0.717) is 17.1 Å². The topological polar surface area (TPSA) is 78.5 Å². The van der Waals surface area contributed by atoms with Gasteiger partial charge in [-0.05, 0) is 37.0 Å². The summed E-state index contributed by atoms with van der Waals surface area (Å²) in [6.45, 7) is 5.25. The lowest BCUT2D eigenvalue weighted by Crippen LogP contribution is -2.47. The summed E-state index contributed by atoms with van der Waals surface area (Å²) in [6.07, 6.45) is 2.79. The van der Waals surface area contributed by atoms with Gasteiger partial charge in [0.05, 0.1) is 11.4 Å². The summed E-state index contributed by atoms with van der Waals surface area (Å²) >= 11 is 0. The number of hydrogen-bond acceptors (Lipinski definition) is 6. The molecule has 1 aromatic heterocycles. The highest BCUT2D eigenvalue weighted by Gasteiger charge is 2.27. The van der Waals surface area contributed by atoms with Crippen molar-refractivity contribution < 1.29 is 5.11 Å². The van der Waals surface area contributed by atoms with Crippen LogP contribution in [0.5, 0.6) is 5.75 Å². The van der Waals surface area contributed by atoms with Crippen LogP contribution >= 0.6 is 0 Å². The van der Waals surface area contributed by atoms with Gasteiger partial charge in [0.25, 0.3) is 0 Å². The van der Waals surface area contributed by atoms with Crippen LogP contribution in [-0.4, -0.2) is 52.9 Å². The first-order valence-corrected chi connectivity index (χ1v) is 8.59. The van der Waals surface area contributed by atoms with Gasteiger partial charge in [-0.25, -0.2) is 0 Å². The maximum atomic E-state index is 10.0. The van der Waals surface area contributed by atoms with Crippen molar-refractivity contribution in [2.45, 2.75) is 12.8 Å². The molecule has 24 heavy (non-hydrogen) atoms. The number of hydrogen-bond donors (Lipinski definition) is 2. The summed E-state index contributed by atoms with van der Waals surface area (Å²) in [7, 11) is 0. The van der Waals surface area contributed by atoms with E-state index in [9.17, 15) is 5.11 Å². The van der Waals surface area contributed by atoms with Gasteiger partial charge in [-0.1, -0.05) is 12.1 Å². The monoisotopic (exact) mass is 325 g/mol. The van der Waals surface area contributed by atoms with E-state index in [4.69, 9.17) is 5.73 Å². The van der Waals surface area contributed by atoms with Gasteiger partial charge in [-0.15, -0.1) is 10.2 Å². The number of para-hydroxylation sites is 1. The Hall–Kier alpha value is -2.34. The predicted molar refractivity (Wildman–Crippen MR) is 94.9 cm³/mol. The number of phenols is 1. The van der Waals surface area contributed by atoms with Crippen LogP contribution in [0.2, 0.25) is 0 Å². The highest BCUT2D eigenvalue weighted by atomic mass is 16.3. The van der Waals surface area contributed by atoms with E-state index in [2.05, 4.69) is 20.0 Å². The number of benzene rings is 1. The first-order valence-electron chi connectivity index (χ1n) is 8.59. The molecule has 0 bridgehead atoms. The predicted octanol–water partition coefficient (Wildman–Crippen LogP) is 1.96. The van der Waals surface area contributed by atoms with Gasteiger partial charge < -0.3 is 15.7 Å². The quantitative estimate of drug-likeness (QED) is 0.895. The minimum Gasteiger partial charge on any atom is -0.507 e. The number of aromatic nitrogens is 2. The number of rotatable bonds is 4. The van der Waals surface area contributed by atoms with Crippen molar-refractivity contribution in [2.75, 3.05) is 43.4 Å². The van der Waals surface area contributed by atoms with E-state index in [-0.39, 0.29) is 5.75 Å². The van der Waals surface area contributed by atoms with E-state index in [1.807, 2.05) is 18.2 Å². The molecule has 1 aliphatic heterocycles. The zero-order valence-electron chi connectivity index (χ0n) is 13.7. The third-order valence-electron chi connectivity index (χ3n) is 4.91. The van der Waals surface area contributed by atoms with Crippen LogP contribution in [0, 0.1) is 5.92 Å². The Bertz CT molecular complexity index is 723. The van der Waals surface area contributed by atoms with Crippen molar-refractivity contribution in [2.24, 2.45) is 5.92 Å². The molecule has 6 heteroatoms. The third-order valence-corrected chi connectivity index (χ3v) is 4.91. The fourth-order valence-electron chi connectivity index (χ4n) is 3.30. The molecule has 2 heterocycles. The fraction of sp³-hybridized carbons (Fsp3) is 0.444. The van der Waals surface area contributed by atoms with Crippen molar-refractivity contribution >= 4 is 11.5 Å². The molecule has 3 N–H and O–H groups in total. The summed E-state index contributed by atoms with van der Waals surface area (Å²) in [5.74, 6) is 1.58. The van der Waals surface area contributed by atoms with Gasteiger partial charge in [0.2, 0.25) is 0 Å². The van der Waals surface area contributed by atoms with Crippen LogP contribution in [0.15, 0.2) is 30.3 Å². The van der Waals surface area contributed by atoms with Crippen LogP contribution < -0.4 is 10.6 Å². The molecule has 1 saturated carbocycles. The van der Waals surface area contributed by atoms with Gasteiger partial charge in [0, 0.05) is 38.3 Å². The molecule has 2 aromatic rings. The second-order valence-corrected chi connectivity index (χ2v) is 6.75. The third kappa shape index (κ3) is 3.14. The van der Waals surface area contributed by atoms with E-state index in [1.54, 1.807) is 12.1 Å². The first-order chi connectivity index (χ1) is 11.7. The largest absolute Gasteiger partial charge is 0.507 e. The van der Waals surface area contributed by atoms with Crippen molar-refractivity contribution in [1.29, 1.82) is 0 Å². The number of nitrogens with two attached hydrogens (primary N) is 1. The van der Waals surface area contributed by atoms with Gasteiger partial charge >= 0.3 is 0 Å². The van der Waals surface area contributed by atoms with E-state index in [0.717, 1.165) is 37.8 Å². The van der Waals surface area contributed by atoms with Gasteiger partial charge in [-0.3, -0.25) is 4.90 Å². The maximum absolute atomic E-state index is 10.0. The summed E-state index contributed by atoms with van der Waals surface area (Å²) in [4.78, 5) is 4.82. The molecular formula is C18H23N5O. The van der Waals surface area contributed by atoms with Crippen LogP contribution in [0.25, 0.3) is 11.3 Å². The molecule has 1 saturated heterocycles.